The van der Waals surface area contributed by atoms with Crippen LogP contribution in [0, 0.1) is 6.92 Å². The number of rotatable bonds is 2. The van der Waals surface area contributed by atoms with Gasteiger partial charge in [0.1, 0.15) is 5.52 Å². The Labute approximate surface area is 125 Å². The molecule has 1 aromatic carbocycles. The lowest BCUT2D eigenvalue weighted by molar-refractivity contribution is 0.815. The van der Waals surface area contributed by atoms with Crippen molar-refractivity contribution in [3.8, 4) is 0 Å². The monoisotopic (exact) mass is 295 g/mol. The number of nitrogen functional groups attached to an aromatic ring is 1. The van der Waals surface area contributed by atoms with E-state index in [2.05, 4.69) is 31.7 Å². The van der Waals surface area contributed by atoms with Crippen LogP contribution in [0.4, 0.5) is 5.13 Å². The molecule has 3 aromatic heterocycles. The lowest BCUT2D eigenvalue weighted by atomic mass is 10.2. The zero-order valence-electron chi connectivity index (χ0n) is 11.4. The van der Waals surface area contributed by atoms with Crippen molar-refractivity contribution in [1.82, 2.24) is 19.5 Å². The molecule has 0 unspecified atom stereocenters. The van der Waals surface area contributed by atoms with Gasteiger partial charge in [0.25, 0.3) is 0 Å². The Morgan fingerprint density at radius 3 is 3.00 bits per heavy atom. The summed E-state index contributed by atoms with van der Waals surface area (Å²) in [5, 5.41) is 0.604. The molecule has 2 N–H and O–H groups in total. The van der Waals surface area contributed by atoms with Gasteiger partial charge in [0.15, 0.2) is 10.8 Å². The Balaban J connectivity index is 1.75. The maximum absolute atomic E-state index is 5.75. The van der Waals surface area contributed by atoms with Crippen LogP contribution in [0.1, 0.15) is 11.1 Å². The van der Waals surface area contributed by atoms with Crippen LogP contribution in [0.2, 0.25) is 0 Å². The van der Waals surface area contributed by atoms with Crippen LogP contribution in [0.5, 0.6) is 0 Å². The number of nitrogens with zero attached hydrogens (tertiary/aromatic N) is 4. The van der Waals surface area contributed by atoms with E-state index in [9.17, 15) is 0 Å². The first-order valence-electron chi connectivity index (χ1n) is 6.61. The molecular weight excluding hydrogens is 282 g/mol. The summed E-state index contributed by atoms with van der Waals surface area (Å²) < 4.78 is 3.17. The molecule has 104 valence electrons. The first-order chi connectivity index (χ1) is 10.2. The first kappa shape index (κ1) is 12.3. The van der Waals surface area contributed by atoms with Crippen LogP contribution < -0.4 is 5.73 Å². The van der Waals surface area contributed by atoms with Gasteiger partial charge in [-0.05, 0) is 36.2 Å². The second-order valence-electron chi connectivity index (χ2n) is 5.08. The van der Waals surface area contributed by atoms with E-state index in [-0.39, 0.29) is 0 Å². The summed E-state index contributed by atoms with van der Waals surface area (Å²) in [5.41, 5.74) is 10.8. The van der Waals surface area contributed by atoms with Crippen molar-refractivity contribution < 1.29 is 0 Å². The molecule has 0 spiro atoms. The molecule has 0 saturated carbocycles. The molecule has 5 nitrogen and oxygen atoms in total. The minimum atomic E-state index is 0.604. The Morgan fingerprint density at radius 1 is 1.19 bits per heavy atom. The zero-order chi connectivity index (χ0) is 14.4. The van der Waals surface area contributed by atoms with Gasteiger partial charge >= 0.3 is 0 Å². The molecule has 0 fully saturated rings. The number of pyridine rings is 1. The van der Waals surface area contributed by atoms with Crippen molar-refractivity contribution in [2.45, 2.75) is 13.5 Å². The van der Waals surface area contributed by atoms with E-state index in [0.717, 1.165) is 33.5 Å². The second-order valence-corrected chi connectivity index (χ2v) is 6.14. The number of thiazole rings is 1. The van der Waals surface area contributed by atoms with E-state index < -0.39 is 0 Å². The SMILES string of the molecule is Cc1cnc2c(c1)ncn2Cc1ccc2nc(N)sc2c1. The number of anilines is 1. The van der Waals surface area contributed by atoms with Gasteiger partial charge in [-0.3, -0.25) is 0 Å². The van der Waals surface area contributed by atoms with E-state index in [4.69, 9.17) is 5.73 Å². The van der Waals surface area contributed by atoms with Crippen molar-refractivity contribution >= 4 is 37.8 Å². The molecule has 0 amide bonds. The highest BCUT2D eigenvalue weighted by Crippen LogP contribution is 2.25. The third-order valence-corrected chi connectivity index (χ3v) is 4.26. The number of fused-ring (bicyclic) bond motifs is 2. The molecule has 21 heavy (non-hydrogen) atoms. The van der Waals surface area contributed by atoms with Crippen LogP contribution in [0.3, 0.4) is 0 Å². The van der Waals surface area contributed by atoms with Gasteiger partial charge in [-0.1, -0.05) is 17.4 Å². The maximum atomic E-state index is 5.75. The quantitative estimate of drug-likeness (QED) is 0.617. The van der Waals surface area contributed by atoms with Crippen molar-refractivity contribution in [3.63, 3.8) is 0 Å². The van der Waals surface area contributed by atoms with Gasteiger partial charge in [-0.15, -0.1) is 0 Å². The third-order valence-electron chi connectivity index (χ3n) is 3.41. The van der Waals surface area contributed by atoms with Crippen LogP contribution in [-0.2, 0) is 6.54 Å². The Bertz CT molecular complexity index is 953. The minimum Gasteiger partial charge on any atom is -0.375 e. The fraction of sp³-hybridized carbons (Fsp3) is 0.133. The molecule has 0 bridgehead atoms. The Morgan fingerprint density at radius 2 is 2.10 bits per heavy atom. The topological polar surface area (TPSA) is 69.6 Å². The lowest BCUT2D eigenvalue weighted by Gasteiger charge is -2.04. The number of hydrogen-bond acceptors (Lipinski definition) is 5. The van der Waals surface area contributed by atoms with Crippen LogP contribution >= 0.6 is 11.3 Å². The number of imidazole rings is 1. The summed E-state index contributed by atoms with van der Waals surface area (Å²) >= 11 is 1.51. The van der Waals surface area contributed by atoms with Crippen molar-refractivity contribution in [2.75, 3.05) is 5.73 Å². The van der Waals surface area contributed by atoms with Crippen molar-refractivity contribution in [2.24, 2.45) is 0 Å². The molecule has 0 aliphatic heterocycles. The normalized spacial score (nSPS) is 11.5. The van der Waals surface area contributed by atoms with E-state index in [1.807, 2.05) is 31.6 Å². The first-order valence-corrected chi connectivity index (χ1v) is 7.43. The van der Waals surface area contributed by atoms with Crippen molar-refractivity contribution in [3.05, 3.63) is 47.9 Å². The summed E-state index contributed by atoms with van der Waals surface area (Å²) in [7, 11) is 0. The molecule has 4 aromatic rings. The van der Waals surface area contributed by atoms with Crippen LogP contribution in [0.25, 0.3) is 21.4 Å². The smallest absolute Gasteiger partial charge is 0.181 e. The van der Waals surface area contributed by atoms with Gasteiger partial charge < -0.3 is 10.3 Å². The third kappa shape index (κ3) is 2.13. The fourth-order valence-electron chi connectivity index (χ4n) is 2.45. The number of aryl methyl sites for hydroxylation is 1. The maximum Gasteiger partial charge on any atom is 0.181 e. The van der Waals surface area contributed by atoms with Gasteiger partial charge in [0.05, 0.1) is 23.1 Å². The largest absolute Gasteiger partial charge is 0.375 e. The van der Waals surface area contributed by atoms with Crippen LogP contribution in [0.15, 0.2) is 36.8 Å². The van der Waals surface area contributed by atoms with E-state index in [0.29, 0.717) is 5.13 Å². The Hall–Kier alpha value is -2.47. The zero-order valence-corrected chi connectivity index (χ0v) is 12.3. The number of nitrogens with two attached hydrogens (primary N) is 1. The highest BCUT2D eigenvalue weighted by atomic mass is 32.1. The molecule has 0 saturated heterocycles. The molecular formula is C15H13N5S. The number of hydrogen-bond donors (Lipinski definition) is 1. The van der Waals surface area contributed by atoms with Crippen molar-refractivity contribution in [1.29, 1.82) is 0 Å². The number of benzene rings is 1. The highest BCUT2D eigenvalue weighted by Gasteiger charge is 2.07. The predicted molar refractivity (Wildman–Crippen MR) is 85.4 cm³/mol. The Kier molecular flexibility index (Phi) is 2.65. The molecule has 3 heterocycles. The van der Waals surface area contributed by atoms with E-state index in [1.54, 1.807) is 0 Å². The molecule has 0 aliphatic rings. The molecule has 4 rings (SSSR count). The van der Waals surface area contributed by atoms with E-state index in [1.165, 1.54) is 16.9 Å². The highest BCUT2D eigenvalue weighted by molar-refractivity contribution is 7.22. The molecule has 0 radical (unpaired) electrons. The predicted octanol–water partition coefficient (Wildman–Crippen LogP) is 2.98. The molecule has 6 heteroatoms. The summed E-state index contributed by atoms with van der Waals surface area (Å²) in [4.78, 5) is 13.2. The van der Waals surface area contributed by atoms with Gasteiger partial charge in [0, 0.05) is 6.20 Å². The number of aromatic nitrogens is 4. The lowest BCUT2D eigenvalue weighted by Crippen LogP contribution is -1.99. The second kappa shape index (κ2) is 4.53. The summed E-state index contributed by atoms with van der Waals surface area (Å²) in [5.74, 6) is 0. The fourth-order valence-corrected chi connectivity index (χ4v) is 3.24. The average molecular weight is 295 g/mol. The minimum absolute atomic E-state index is 0.604. The van der Waals surface area contributed by atoms with Crippen LogP contribution in [-0.4, -0.2) is 19.5 Å². The van der Waals surface area contributed by atoms with Gasteiger partial charge in [0.2, 0.25) is 0 Å². The standard InChI is InChI=1S/C15H13N5S/c1-9-4-12-14(17-6-9)20(8-18-12)7-10-2-3-11-13(5-10)21-15(16)19-11/h2-6,8H,7H2,1H3,(H2,16,19). The summed E-state index contributed by atoms with van der Waals surface area (Å²) in [6.45, 7) is 2.76. The van der Waals surface area contributed by atoms with E-state index >= 15 is 0 Å². The molecule has 0 aliphatic carbocycles. The molecule has 0 atom stereocenters. The summed E-state index contributed by atoms with van der Waals surface area (Å²) in [6, 6.07) is 8.26. The summed E-state index contributed by atoms with van der Waals surface area (Å²) in [6.07, 6.45) is 3.70. The van der Waals surface area contributed by atoms with Gasteiger partial charge in [-0.2, -0.15) is 0 Å². The van der Waals surface area contributed by atoms with Gasteiger partial charge in [-0.25, -0.2) is 15.0 Å². The average Bonchev–Trinajstić information content (AvgIpc) is 3.01.